The lowest BCUT2D eigenvalue weighted by Gasteiger charge is -2.32. The number of aliphatic hydroxyl groups excluding tert-OH is 2. The molecule has 2 rings (SSSR count). The van der Waals surface area contributed by atoms with Gasteiger partial charge in [-0.2, -0.15) is 0 Å². The van der Waals surface area contributed by atoms with Crippen molar-refractivity contribution in [1.29, 1.82) is 0 Å². The van der Waals surface area contributed by atoms with E-state index in [1.54, 1.807) is 0 Å². The fraction of sp³-hybridized carbons (Fsp3) is 1.00. The fourth-order valence-electron chi connectivity index (χ4n) is 2.15. The number of ether oxygens (including phenoxy) is 2. The third-order valence-electron chi connectivity index (χ3n) is 2.98. The molecule has 70 valence electrons. The normalized spacial score (nSPS) is 58.0. The second-order valence-electron chi connectivity index (χ2n) is 3.62. The maximum Gasteiger partial charge on any atom is 0.146 e. The van der Waals surface area contributed by atoms with Crippen molar-refractivity contribution < 1.29 is 19.7 Å². The molecule has 0 saturated carbocycles. The molecule has 4 heteroatoms. The van der Waals surface area contributed by atoms with Crippen LogP contribution in [0.3, 0.4) is 0 Å². The highest BCUT2D eigenvalue weighted by atomic mass is 16.6. The minimum atomic E-state index is -0.871. The van der Waals surface area contributed by atoms with Gasteiger partial charge >= 0.3 is 0 Å². The highest BCUT2D eigenvalue weighted by Crippen LogP contribution is 2.43. The van der Waals surface area contributed by atoms with Crippen LogP contribution in [0.1, 0.15) is 13.8 Å². The molecule has 1 unspecified atom stereocenters. The van der Waals surface area contributed by atoms with Gasteiger partial charge in [0.25, 0.3) is 0 Å². The molecule has 0 spiro atoms. The van der Waals surface area contributed by atoms with Crippen LogP contribution < -0.4 is 0 Å². The minimum absolute atomic E-state index is 0.122. The zero-order chi connectivity index (χ0) is 8.93. The van der Waals surface area contributed by atoms with Gasteiger partial charge in [0.15, 0.2) is 0 Å². The summed E-state index contributed by atoms with van der Waals surface area (Å²) in [5.74, 6) is 0. The van der Waals surface area contributed by atoms with E-state index in [2.05, 4.69) is 0 Å². The van der Waals surface area contributed by atoms with E-state index >= 15 is 0 Å². The molecule has 0 aromatic carbocycles. The van der Waals surface area contributed by atoms with Crippen LogP contribution in [0.4, 0.5) is 0 Å². The third kappa shape index (κ3) is 0.758. The number of hydrogen-bond donors (Lipinski definition) is 2. The summed E-state index contributed by atoms with van der Waals surface area (Å²) in [7, 11) is 0. The molecule has 2 saturated heterocycles. The van der Waals surface area contributed by atoms with E-state index in [-0.39, 0.29) is 24.9 Å². The molecule has 2 aliphatic rings. The number of aliphatic hydroxyl groups is 2. The van der Waals surface area contributed by atoms with Gasteiger partial charge in [-0.05, 0) is 13.8 Å². The van der Waals surface area contributed by atoms with Crippen molar-refractivity contribution in [2.24, 2.45) is 0 Å². The second-order valence-corrected chi connectivity index (χ2v) is 3.62. The predicted octanol–water partition coefficient (Wildman–Crippen LogP) is -0.716. The SMILES string of the molecule is CC1O[C@H]2[C@H](C)O[C@]1(CO)[C@H]2O. The molecule has 2 aliphatic heterocycles. The highest BCUT2D eigenvalue weighted by molar-refractivity contribution is 5.10. The first-order valence-corrected chi connectivity index (χ1v) is 4.24. The molecule has 2 heterocycles. The Balaban J connectivity index is 2.30. The maximum absolute atomic E-state index is 9.71. The quantitative estimate of drug-likeness (QED) is 0.551. The van der Waals surface area contributed by atoms with Crippen LogP contribution in [-0.4, -0.2) is 46.8 Å². The summed E-state index contributed by atoms with van der Waals surface area (Å²) in [6.45, 7) is 3.47. The van der Waals surface area contributed by atoms with Crippen LogP contribution in [0, 0.1) is 0 Å². The van der Waals surface area contributed by atoms with Gasteiger partial charge in [0, 0.05) is 0 Å². The average molecular weight is 174 g/mol. The van der Waals surface area contributed by atoms with Crippen molar-refractivity contribution in [2.45, 2.75) is 43.9 Å². The molecule has 12 heavy (non-hydrogen) atoms. The average Bonchev–Trinajstić information content (AvgIpc) is 2.41. The van der Waals surface area contributed by atoms with Crippen molar-refractivity contribution >= 4 is 0 Å². The van der Waals surface area contributed by atoms with Crippen molar-refractivity contribution in [3.63, 3.8) is 0 Å². The fourth-order valence-corrected chi connectivity index (χ4v) is 2.15. The van der Waals surface area contributed by atoms with Crippen molar-refractivity contribution in [3.05, 3.63) is 0 Å². The Kier molecular flexibility index (Phi) is 1.70. The van der Waals surface area contributed by atoms with Gasteiger partial charge < -0.3 is 19.7 Å². The lowest BCUT2D eigenvalue weighted by molar-refractivity contribution is -0.189. The van der Waals surface area contributed by atoms with Crippen molar-refractivity contribution in [2.75, 3.05) is 6.61 Å². The summed E-state index contributed by atoms with van der Waals surface area (Å²) in [5, 5.41) is 18.8. The Bertz CT molecular complexity index is 195. The van der Waals surface area contributed by atoms with Gasteiger partial charge in [0.1, 0.15) is 17.8 Å². The molecule has 0 aromatic heterocycles. The van der Waals surface area contributed by atoms with E-state index in [0.717, 1.165) is 0 Å². The van der Waals surface area contributed by atoms with Gasteiger partial charge in [-0.15, -0.1) is 0 Å². The standard InChI is InChI=1S/C8H14O4/c1-4-6-7(10)8(3-9,12-4)5(2)11-6/h4-7,9-10H,3H2,1-2H3/t4-,5?,6-,7-,8-/m0/s1. The number of hydrogen-bond acceptors (Lipinski definition) is 4. The minimum Gasteiger partial charge on any atom is -0.393 e. The molecule has 4 nitrogen and oxygen atoms in total. The van der Waals surface area contributed by atoms with Gasteiger partial charge in [0.05, 0.1) is 18.8 Å². The topological polar surface area (TPSA) is 58.9 Å². The van der Waals surface area contributed by atoms with Crippen LogP contribution in [0.5, 0.6) is 0 Å². The van der Waals surface area contributed by atoms with Crippen LogP contribution in [0.25, 0.3) is 0 Å². The van der Waals surface area contributed by atoms with E-state index in [0.29, 0.717) is 0 Å². The summed E-state index contributed by atoms with van der Waals surface area (Å²) in [5.41, 5.74) is -0.871. The highest BCUT2D eigenvalue weighted by Gasteiger charge is 2.63. The largest absolute Gasteiger partial charge is 0.393 e. The third-order valence-corrected chi connectivity index (χ3v) is 2.98. The lowest BCUT2D eigenvalue weighted by Crippen LogP contribution is -2.49. The van der Waals surface area contributed by atoms with Gasteiger partial charge in [0.2, 0.25) is 0 Å². The Morgan fingerprint density at radius 3 is 2.42 bits per heavy atom. The molecule has 2 fully saturated rings. The molecule has 2 bridgehead atoms. The van der Waals surface area contributed by atoms with Gasteiger partial charge in [-0.3, -0.25) is 0 Å². The van der Waals surface area contributed by atoms with Crippen LogP contribution in [-0.2, 0) is 9.47 Å². The van der Waals surface area contributed by atoms with Crippen LogP contribution in [0.2, 0.25) is 0 Å². The van der Waals surface area contributed by atoms with E-state index in [1.807, 2.05) is 13.8 Å². The lowest BCUT2D eigenvalue weighted by atomic mass is 9.94. The Morgan fingerprint density at radius 1 is 1.42 bits per heavy atom. The summed E-state index contributed by atoms with van der Waals surface area (Å²) in [6.07, 6.45) is -1.30. The zero-order valence-corrected chi connectivity index (χ0v) is 7.23. The summed E-state index contributed by atoms with van der Waals surface area (Å²) in [4.78, 5) is 0. The summed E-state index contributed by atoms with van der Waals surface area (Å²) < 4.78 is 10.9. The number of fused-ring (bicyclic) bond motifs is 2. The van der Waals surface area contributed by atoms with Gasteiger partial charge in [-0.1, -0.05) is 0 Å². The van der Waals surface area contributed by atoms with Crippen LogP contribution >= 0.6 is 0 Å². The Morgan fingerprint density at radius 2 is 2.08 bits per heavy atom. The van der Waals surface area contributed by atoms with E-state index in [4.69, 9.17) is 14.6 Å². The molecule has 5 atom stereocenters. The van der Waals surface area contributed by atoms with Crippen LogP contribution in [0.15, 0.2) is 0 Å². The molecule has 0 amide bonds. The first-order chi connectivity index (χ1) is 5.62. The van der Waals surface area contributed by atoms with E-state index < -0.39 is 11.7 Å². The van der Waals surface area contributed by atoms with E-state index in [9.17, 15) is 5.11 Å². The monoisotopic (exact) mass is 174 g/mol. The first kappa shape index (κ1) is 8.44. The molecular weight excluding hydrogens is 160 g/mol. The van der Waals surface area contributed by atoms with Crippen molar-refractivity contribution in [1.82, 2.24) is 0 Å². The molecule has 0 aromatic rings. The molecule has 0 radical (unpaired) electrons. The first-order valence-electron chi connectivity index (χ1n) is 4.24. The predicted molar refractivity (Wildman–Crippen MR) is 40.7 cm³/mol. The van der Waals surface area contributed by atoms with E-state index in [1.165, 1.54) is 0 Å². The Hall–Kier alpha value is -0.160. The van der Waals surface area contributed by atoms with Gasteiger partial charge in [-0.25, -0.2) is 0 Å². The maximum atomic E-state index is 9.71. The summed E-state index contributed by atoms with van der Waals surface area (Å²) >= 11 is 0. The van der Waals surface area contributed by atoms with Crippen molar-refractivity contribution in [3.8, 4) is 0 Å². The second kappa shape index (κ2) is 2.42. The Labute approximate surface area is 71.1 Å². The molecule has 0 aliphatic carbocycles. The smallest absolute Gasteiger partial charge is 0.146 e. The molecule has 2 N–H and O–H groups in total. The number of rotatable bonds is 1. The molecular formula is C8H14O4. The summed E-state index contributed by atoms with van der Waals surface area (Å²) in [6, 6.07) is 0. The zero-order valence-electron chi connectivity index (χ0n) is 7.23.